The van der Waals surface area contributed by atoms with E-state index in [2.05, 4.69) is 27.9 Å². The molecule has 1 aromatic carbocycles. The summed E-state index contributed by atoms with van der Waals surface area (Å²) in [5.41, 5.74) is 0.174. The van der Waals surface area contributed by atoms with Gasteiger partial charge >= 0.3 is 5.97 Å². The molecule has 1 aromatic rings. The van der Waals surface area contributed by atoms with Gasteiger partial charge in [-0.05, 0) is 63.7 Å². The van der Waals surface area contributed by atoms with E-state index in [0.717, 1.165) is 9.99 Å². The molecule has 0 spiro atoms. The van der Waals surface area contributed by atoms with Gasteiger partial charge in [-0.15, -0.1) is 0 Å². The molecule has 1 rings (SSSR count). The first-order chi connectivity index (χ1) is 9.35. The maximum atomic E-state index is 12.2. The van der Waals surface area contributed by atoms with Gasteiger partial charge in [0.1, 0.15) is 5.75 Å². The summed E-state index contributed by atoms with van der Waals surface area (Å²) in [5, 5.41) is 21.4. The standard InChI is InChI=1S/C13H15I2NO4/c1-2-3-8(6-11(17)18)16-13(20)9-4-7(14)5-10(15)12(9)19/h4-5,8,19H,2-3,6H2,1H3,(H,16,20)(H,17,18). The number of nitrogens with one attached hydrogen (secondary N) is 1. The SMILES string of the molecule is CCCC(CC(=O)O)NC(=O)c1cc(I)cc(I)c1O. The molecule has 0 aliphatic rings. The van der Waals surface area contributed by atoms with Crippen LogP contribution in [0.2, 0.25) is 0 Å². The zero-order valence-electron chi connectivity index (χ0n) is 10.8. The molecule has 20 heavy (non-hydrogen) atoms. The average molecular weight is 503 g/mol. The predicted octanol–water partition coefficient (Wildman–Crippen LogP) is 2.97. The third-order valence-electron chi connectivity index (χ3n) is 2.67. The molecule has 0 saturated carbocycles. The van der Waals surface area contributed by atoms with Crippen LogP contribution in [-0.2, 0) is 4.79 Å². The second kappa shape index (κ2) is 8.01. The molecule has 0 saturated heterocycles. The van der Waals surface area contributed by atoms with Crippen LogP contribution >= 0.6 is 45.2 Å². The van der Waals surface area contributed by atoms with Crippen LogP contribution in [0.25, 0.3) is 0 Å². The second-order valence-corrected chi connectivity index (χ2v) is 6.75. The van der Waals surface area contributed by atoms with Crippen molar-refractivity contribution in [3.63, 3.8) is 0 Å². The minimum absolute atomic E-state index is 0.0749. The molecular formula is C13H15I2NO4. The predicted molar refractivity (Wildman–Crippen MR) is 92.0 cm³/mol. The minimum Gasteiger partial charge on any atom is -0.506 e. The lowest BCUT2D eigenvalue weighted by Crippen LogP contribution is -2.36. The maximum Gasteiger partial charge on any atom is 0.305 e. The number of amides is 1. The first kappa shape index (κ1) is 17.5. The van der Waals surface area contributed by atoms with Gasteiger partial charge in [0, 0.05) is 9.61 Å². The van der Waals surface area contributed by atoms with Gasteiger partial charge in [0.15, 0.2) is 0 Å². The van der Waals surface area contributed by atoms with Crippen LogP contribution in [0.15, 0.2) is 12.1 Å². The van der Waals surface area contributed by atoms with Crippen LogP contribution < -0.4 is 5.32 Å². The molecule has 0 radical (unpaired) electrons. The molecule has 1 unspecified atom stereocenters. The monoisotopic (exact) mass is 503 g/mol. The van der Waals surface area contributed by atoms with E-state index < -0.39 is 17.9 Å². The molecule has 0 aliphatic carbocycles. The van der Waals surface area contributed by atoms with Crippen LogP contribution in [-0.4, -0.2) is 28.1 Å². The summed E-state index contributed by atoms with van der Waals surface area (Å²) in [6, 6.07) is 2.91. The Kier molecular flexibility index (Phi) is 7.00. The Hall–Kier alpha value is -0.580. The number of aliphatic carboxylic acids is 1. The molecule has 110 valence electrons. The number of carbonyl (C=O) groups is 2. The Morgan fingerprint density at radius 3 is 2.55 bits per heavy atom. The normalized spacial score (nSPS) is 11.9. The molecular weight excluding hydrogens is 488 g/mol. The molecule has 1 atom stereocenters. The van der Waals surface area contributed by atoms with E-state index in [0.29, 0.717) is 9.99 Å². The van der Waals surface area contributed by atoms with E-state index in [-0.39, 0.29) is 17.7 Å². The number of halogens is 2. The summed E-state index contributed by atoms with van der Waals surface area (Å²) < 4.78 is 1.42. The minimum atomic E-state index is -0.954. The maximum absolute atomic E-state index is 12.2. The number of aromatic hydroxyl groups is 1. The van der Waals surface area contributed by atoms with Crippen molar-refractivity contribution < 1.29 is 19.8 Å². The smallest absolute Gasteiger partial charge is 0.305 e. The van der Waals surface area contributed by atoms with Crippen molar-refractivity contribution in [2.75, 3.05) is 0 Å². The van der Waals surface area contributed by atoms with Crippen LogP contribution in [0, 0.1) is 7.14 Å². The molecule has 0 aromatic heterocycles. The summed E-state index contributed by atoms with van der Waals surface area (Å²) in [7, 11) is 0. The van der Waals surface area contributed by atoms with Gasteiger partial charge in [-0.3, -0.25) is 9.59 Å². The quantitative estimate of drug-likeness (QED) is 0.522. The van der Waals surface area contributed by atoms with Crippen molar-refractivity contribution in [3.8, 4) is 5.75 Å². The van der Waals surface area contributed by atoms with Crippen molar-refractivity contribution in [2.45, 2.75) is 32.2 Å². The number of phenolic OH excluding ortho intramolecular Hbond substituents is 1. The van der Waals surface area contributed by atoms with Gasteiger partial charge in [0.2, 0.25) is 0 Å². The molecule has 7 heteroatoms. The van der Waals surface area contributed by atoms with Crippen LogP contribution in [0.4, 0.5) is 0 Å². The van der Waals surface area contributed by atoms with E-state index >= 15 is 0 Å². The summed E-state index contributed by atoms with van der Waals surface area (Å²) in [6.07, 6.45) is 1.23. The van der Waals surface area contributed by atoms with Crippen molar-refractivity contribution >= 4 is 57.1 Å². The van der Waals surface area contributed by atoms with Gasteiger partial charge in [0.25, 0.3) is 5.91 Å². The van der Waals surface area contributed by atoms with Crippen molar-refractivity contribution in [1.82, 2.24) is 5.32 Å². The Labute approximate surface area is 144 Å². The fraction of sp³-hybridized carbons (Fsp3) is 0.385. The van der Waals surface area contributed by atoms with Crippen LogP contribution in [0.5, 0.6) is 5.75 Å². The van der Waals surface area contributed by atoms with Crippen molar-refractivity contribution in [3.05, 3.63) is 24.8 Å². The van der Waals surface area contributed by atoms with E-state index in [1.165, 1.54) is 0 Å². The number of hydrogen-bond donors (Lipinski definition) is 3. The van der Waals surface area contributed by atoms with E-state index in [4.69, 9.17) is 5.11 Å². The topological polar surface area (TPSA) is 86.6 Å². The lowest BCUT2D eigenvalue weighted by atomic mass is 10.1. The second-order valence-electron chi connectivity index (χ2n) is 4.34. The fourth-order valence-corrected chi connectivity index (χ4v) is 3.63. The molecule has 0 heterocycles. The van der Waals surface area contributed by atoms with Gasteiger partial charge in [0.05, 0.1) is 15.6 Å². The average Bonchev–Trinajstić information content (AvgIpc) is 2.33. The Balaban J connectivity index is 2.91. The Bertz CT molecular complexity index is 519. The molecule has 0 aliphatic heterocycles. The Morgan fingerprint density at radius 2 is 2.00 bits per heavy atom. The van der Waals surface area contributed by atoms with E-state index in [1.54, 1.807) is 12.1 Å². The van der Waals surface area contributed by atoms with E-state index in [1.807, 2.05) is 29.5 Å². The van der Waals surface area contributed by atoms with Crippen molar-refractivity contribution in [1.29, 1.82) is 0 Å². The first-order valence-corrected chi connectivity index (χ1v) is 8.21. The molecule has 3 N–H and O–H groups in total. The zero-order valence-corrected chi connectivity index (χ0v) is 15.1. The largest absolute Gasteiger partial charge is 0.506 e. The van der Waals surface area contributed by atoms with Gasteiger partial charge < -0.3 is 15.5 Å². The summed E-state index contributed by atoms with van der Waals surface area (Å²) in [4.78, 5) is 22.9. The first-order valence-electron chi connectivity index (χ1n) is 6.05. The van der Waals surface area contributed by atoms with Gasteiger partial charge in [-0.2, -0.15) is 0 Å². The molecule has 1 amide bonds. The van der Waals surface area contributed by atoms with Gasteiger partial charge in [-0.25, -0.2) is 0 Å². The highest BCUT2D eigenvalue weighted by Crippen LogP contribution is 2.27. The number of phenols is 1. The lowest BCUT2D eigenvalue weighted by molar-refractivity contribution is -0.137. The van der Waals surface area contributed by atoms with Gasteiger partial charge in [-0.1, -0.05) is 13.3 Å². The number of carboxylic acids is 1. The fourth-order valence-electron chi connectivity index (χ4n) is 1.79. The zero-order chi connectivity index (χ0) is 15.3. The number of carbonyl (C=O) groups excluding carboxylic acids is 1. The molecule has 0 bridgehead atoms. The highest BCUT2D eigenvalue weighted by molar-refractivity contribution is 14.1. The Morgan fingerprint density at radius 1 is 1.35 bits per heavy atom. The lowest BCUT2D eigenvalue weighted by Gasteiger charge is -2.17. The number of rotatable bonds is 6. The van der Waals surface area contributed by atoms with Crippen LogP contribution in [0.1, 0.15) is 36.5 Å². The van der Waals surface area contributed by atoms with E-state index in [9.17, 15) is 14.7 Å². The summed E-state index contributed by atoms with van der Waals surface area (Å²) in [5.74, 6) is -1.47. The molecule has 5 nitrogen and oxygen atoms in total. The number of benzene rings is 1. The highest BCUT2D eigenvalue weighted by Gasteiger charge is 2.20. The van der Waals surface area contributed by atoms with Crippen LogP contribution in [0.3, 0.4) is 0 Å². The molecule has 0 fully saturated rings. The number of carboxylic acid groups (broad SMARTS) is 1. The highest BCUT2D eigenvalue weighted by atomic mass is 127. The summed E-state index contributed by atoms with van der Waals surface area (Å²) in [6.45, 7) is 1.92. The third-order valence-corrected chi connectivity index (χ3v) is 4.11. The number of hydrogen-bond acceptors (Lipinski definition) is 3. The summed E-state index contributed by atoms with van der Waals surface area (Å²) >= 11 is 4.01. The van der Waals surface area contributed by atoms with Crippen molar-refractivity contribution in [2.24, 2.45) is 0 Å². The third kappa shape index (κ3) is 5.08.